The molecular weight excluding hydrogens is 332 g/mol. The van der Waals surface area contributed by atoms with Gasteiger partial charge in [-0.25, -0.2) is 9.67 Å². The molecule has 8 heteroatoms. The zero-order chi connectivity index (χ0) is 17.9. The minimum Gasteiger partial charge on any atom is -0.391 e. The number of nitrogens with zero attached hydrogens (tertiary/aromatic N) is 5. The third-order valence-electron chi connectivity index (χ3n) is 4.69. The highest BCUT2D eigenvalue weighted by Gasteiger charge is 2.34. The molecule has 0 aliphatic heterocycles. The van der Waals surface area contributed by atoms with Gasteiger partial charge < -0.3 is 10.4 Å². The standard InChI is InChI=1S/C18H20N6O2/c25-16-10-13(12-23-7-1-4-20-23)9-15(16)22-18(26)14-3-6-19-17(11-14)24-8-2-5-21-24/h1-8,11,13,15-16,25H,9-10,12H2,(H,22,26)/t13?,15-,16-/m1/s1. The minimum absolute atomic E-state index is 0.218. The van der Waals surface area contributed by atoms with Crippen LogP contribution in [0, 0.1) is 5.92 Å². The van der Waals surface area contributed by atoms with Crippen molar-refractivity contribution in [2.45, 2.75) is 31.5 Å². The maximum Gasteiger partial charge on any atom is 0.251 e. The van der Waals surface area contributed by atoms with Crippen LogP contribution in [0.25, 0.3) is 5.82 Å². The van der Waals surface area contributed by atoms with E-state index in [1.54, 1.807) is 47.7 Å². The number of hydrogen-bond acceptors (Lipinski definition) is 5. The average Bonchev–Trinajstić information content (AvgIpc) is 3.39. The molecular formula is C18H20N6O2. The lowest BCUT2D eigenvalue weighted by molar-refractivity contribution is 0.0872. The van der Waals surface area contributed by atoms with Gasteiger partial charge in [-0.15, -0.1) is 0 Å². The van der Waals surface area contributed by atoms with E-state index in [0.717, 1.165) is 13.0 Å². The van der Waals surface area contributed by atoms with Gasteiger partial charge in [0, 0.05) is 43.1 Å². The Morgan fingerprint density at radius 2 is 2.04 bits per heavy atom. The van der Waals surface area contributed by atoms with Gasteiger partial charge in [-0.1, -0.05) is 0 Å². The van der Waals surface area contributed by atoms with Crippen molar-refractivity contribution in [3.05, 3.63) is 60.8 Å². The molecule has 3 heterocycles. The number of hydrogen-bond donors (Lipinski definition) is 2. The van der Waals surface area contributed by atoms with E-state index in [2.05, 4.69) is 20.5 Å². The van der Waals surface area contributed by atoms with Crippen LogP contribution in [-0.4, -0.2) is 47.7 Å². The molecule has 0 radical (unpaired) electrons. The van der Waals surface area contributed by atoms with Crippen LogP contribution in [0.15, 0.2) is 55.2 Å². The number of carbonyl (C=O) groups is 1. The summed E-state index contributed by atoms with van der Waals surface area (Å²) in [5.74, 6) is 0.642. The summed E-state index contributed by atoms with van der Waals surface area (Å²) < 4.78 is 3.46. The Bertz CT molecular complexity index is 862. The highest BCUT2D eigenvalue weighted by atomic mass is 16.3. The van der Waals surface area contributed by atoms with Crippen molar-refractivity contribution >= 4 is 5.91 Å². The van der Waals surface area contributed by atoms with Gasteiger partial charge in [0.2, 0.25) is 0 Å². The van der Waals surface area contributed by atoms with Crippen LogP contribution in [0.1, 0.15) is 23.2 Å². The van der Waals surface area contributed by atoms with E-state index in [9.17, 15) is 9.90 Å². The van der Waals surface area contributed by atoms with Crippen LogP contribution in [-0.2, 0) is 6.54 Å². The average molecular weight is 352 g/mol. The second-order valence-corrected chi connectivity index (χ2v) is 6.57. The zero-order valence-electron chi connectivity index (χ0n) is 14.1. The van der Waals surface area contributed by atoms with Crippen LogP contribution in [0.3, 0.4) is 0 Å². The summed E-state index contributed by atoms with van der Waals surface area (Å²) in [6, 6.07) is 6.76. The molecule has 1 unspecified atom stereocenters. The largest absolute Gasteiger partial charge is 0.391 e. The van der Waals surface area contributed by atoms with E-state index in [0.29, 0.717) is 17.8 Å². The molecule has 2 N–H and O–H groups in total. The van der Waals surface area contributed by atoms with E-state index in [4.69, 9.17) is 0 Å². The lowest BCUT2D eigenvalue weighted by atomic mass is 10.1. The number of aliphatic hydroxyl groups excluding tert-OH is 1. The Balaban J connectivity index is 1.41. The topological polar surface area (TPSA) is 97.9 Å². The SMILES string of the molecule is O=C(N[C@@H]1CC(Cn2cccn2)C[C@H]1O)c1ccnc(-n2cccn2)c1. The zero-order valence-corrected chi connectivity index (χ0v) is 14.1. The molecule has 26 heavy (non-hydrogen) atoms. The summed E-state index contributed by atoms with van der Waals surface area (Å²) in [5.41, 5.74) is 0.494. The molecule has 4 rings (SSSR count). The summed E-state index contributed by atoms with van der Waals surface area (Å²) in [4.78, 5) is 16.8. The number of aromatic nitrogens is 5. The van der Waals surface area contributed by atoms with Gasteiger partial charge in [-0.3, -0.25) is 9.48 Å². The Hall–Kier alpha value is -3.00. The first kappa shape index (κ1) is 16.5. The second-order valence-electron chi connectivity index (χ2n) is 6.57. The molecule has 1 aliphatic rings. The molecule has 1 saturated carbocycles. The summed E-state index contributed by atoms with van der Waals surface area (Å²) in [5, 5.41) is 21.6. The van der Waals surface area contributed by atoms with Crippen LogP contribution in [0.4, 0.5) is 0 Å². The molecule has 0 spiro atoms. The van der Waals surface area contributed by atoms with Gasteiger partial charge in [0.15, 0.2) is 5.82 Å². The Labute approximate surface area is 150 Å². The molecule has 8 nitrogen and oxygen atoms in total. The summed E-state index contributed by atoms with van der Waals surface area (Å²) in [7, 11) is 0. The van der Waals surface area contributed by atoms with Gasteiger partial charge in [0.1, 0.15) is 0 Å². The van der Waals surface area contributed by atoms with Crippen LogP contribution < -0.4 is 5.32 Å². The quantitative estimate of drug-likeness (QED) is 0.715. The summed E-state index contributed by atoms with van der Waals surface area (Å²) >= 11 is 0. The van der Waals surface area contributed by atoms with Gasteiger partial charge in [-0.2, -0.15) is 10.2 Å². The van der Waals surface area contributed by atoms with E-state index < -0.39 is 6.10 Å². The summed E-state index contributed by atoms with van der Waals surface area (Å²) in [6.07, 6.45) is 9.48. The van der Waals surface area contributed by atoms with E-state index in [1.807, 2.05) is 16.9 Å². The number of aliphatic hydroxyl groups is 1. The molecule has 1 fully saturated rings. The fourth-order valence-corrected chi connectivity index (χ4v) is 3.44. The van der Waals surface area contributed by atoms with Gasteiger partial charge in [0.25, 0.3) is 5.91 Å². The normalized spacial score (nSPS) is 22.4. The van der Waals surface area contributed by atoms with E-state index >= 15 is 0 Å². The third kappa shape index (κ3) is 3.50. The van der Waals surface area contributed by atoms with E-state index in [-0.39, 0.29) is 17.9 Å². The highest BCUT2D eigenvalue weighted by molar-refractivity contribution is 5.94. The summed E-state index contributed by atoms with van der Waals surface area (Å²) in [6.45, 7) is 0.745. The molecule has 0 saturated heterocycles. The first-order chi connectivity index (χ1) is 12.7. The fraction of sp³-hybridized carbons (Fsp3) is 0.333. The molecule has 3 aromatic rings. The Kier molecular flexibility index (Phi) is 4.49. The second kappa shape index (κ2) is 7.09. The van der Waals surface area contributed by atoms with Crippen molar-refractivity contribution in [3.8, 4) is 5.82 Å². The highest BCUT2D eigenvalue weighted by Crippen LogP contribution is 2.27. The molecule has 3 atom stereocenters. The Morgan fingerprint density at radius 3 is 2.81 bits per heavy atom. The van der Waals surface area contributed by atoms with Gasteiger partial charge >= 0.3 is 0 Å². The third-order valence-corrected chi connectivity index (χ3v) is 4.69. The van der Waals surface area contributed by atoms with Crippen LogP contribution in [0.2, 0.25) is 0 Å². The minimum atomic E-state index is -0.549. The smallest absolute Gasteiger partial charge is 0.251 e. The van der Waals surface area contributed by atoms with Crippen LogP contribution in [0.5, 0.6) is 0 Å². The van der Waals surface area contributed by atoms with Crippen molar-refractivity contribution < 1.29 is 9.90 Å². The number of rotatable bonds is 5. The monoisotopic (exact) mass is 352 g/mol. The van der Waals surface area contributed by atoms with Gasteiger partial charge in [0.05, 0.1) is 12.1 Å². The molecule has 3 aromatic heterocycles. The van der Waals surface area contributed by atoms with Crippen LogP contribution >= 0.6 is 0 Å². The number of nitrogens with one attached hydrogen (secondary N) is 1. The maximum atomic E-state index is 12.6. The Morgan fingerprint density at radius 1 is 1.19 bits per heavy atom. The van der Waals surface area contributed by atoms with Crippen molar-refractivity contribution in [2.24, 2.45) is 5.92 Å². The molecule has 0 aromatic carbocycles. The number of pyridine rings is 1. The number of carbonyl (C=O) groups excluding carboxylic acids is 1. The van der Waals surface area contributed by atoms with Crippen molar-refractivity contribution in [2.75, 3.05) is 0 Å². The van der Waals surface area contributed by atoms with Crippen molar-refractivity contribution in [1.29, 1.82) is 0 Å². The molecule has 1 aliphatic carbocycles. The number of amides is 1. The van der Waals surface area contributed by atoms with E-state index in [1.165, 1.54) is 0 Å². The lowest BCUT2D eigenvalue weighted by Gasteiger charge is -2.16. The molecule has 1 amide bonds. The molecule has 0 bridgehead atoms. The van der Waals surface area contributed by atoms with Crippen molar-refractivity contribution in [1.82, 2.24) is 29.9 Å². The molecule has 134 valence electrons. The maximum absolute atomic E-state index is 12.6. The van der Waals surface area contributed by atoms with Gasteiger partial charge in [-0.05, 0) is 43.0 Å². The lowest BCUT2D eigenvalue weighted by Crippen LogP contribution is -2.40. The first-order valence-corrected chi connectivity index (χ1v) is 8.61. The fourth-order valence-electron chi connectivity index (χ4n) is 3.44. The predicted molar refractivity (Wildman–Crippen MR) is 93.6 cm³/mol. The first-order valence-electron chi connectivity index (χ1n) is 8.61. The van der Waals surface area contributed by atoms with Crippen molar-refractivity contribution in [3.63, 3.8) is 0 Å². The predicted octanol–water partition coefficient (Wildman–Crippen LogP) is 1.03.